The molecule has 1 aliphatic carbocycles. The first kappa shape index (κ1) is 12.4. The third-order valence-electron chi connectivity index (χ3n) is 3.86. The summed E-state index contributed by atoms with van der Waals surface area (Å²) in [5, 5.41) is 9.79. The summed E-state index contributed by atoms with van der Waals surface area (Å²) in [4.78, 5) is 2.40. The van der Waals surface area contributed by atoms with Gasteiger partial charge in [-0.15, -0.1) is 0 Å². The highest BCUT2D eigenvalue weighted by molar-refractivity contribution is 5.31. The number of rotatable bonds is 3. The molecule has 0 aliphatic heterocycles. The fourth-order valence-corrected chi connectivity index (χ4v) is 2.74. The largest absolute Gasteiger partial charge is 0.508 e. The van der Waals surface area contributed by atoms with Gasteiger partial charge in [-0.2, -0.15) is 0 Å². The number of aromatic hydroxyl groups is 1. The van der Waals surface area contributed by atoms with Gasteiger partial charge in [0.25, 0.3) is 0 Å². The van der Waals surface area contributed by atoms with Crippen molar-refractivity contribution in [2.75, 3.05) is 7.05 Å². The van der Waals surface area contributed by atoms with Crippen LogP contribution in [0, 0.1) is 0 Å². The predicted octanol–water partition coefficient (Wildman–Crippen LogP) is 3.55. The van der Waals surface area contributed by atoms with E-state index in [4.69, 9.17) is 0 Å². The molecule has 94 valence electrons. The van der Waals surface area contributed by atoms with Crippen LogP contribution in [-0.4, -0.2) is 23.1 Å². The highest BCUT2D eigenvalue weighted by Crippen LogP contribution is 2.24. The van der Waals surface area contributed by atoms with Gasteiger partial charge in [0.15, 0.2) is 0 Å². The first-order valence-electron chi connectivity index (χ1n) is 6.74. The van der Waals surface area contributed by atoms with Crippen LogP contribution in [0.2, 0.25) is 0 Å². The minimum atomic E-state index is 0.424. The molecule has 0 bridgehead atoms. The summed E-state index contributed by atoms with van der Waals surface area (Å²) in [6.45, 7) is 0.858. The van der Waals surface area contributed by atoms with Crippen LogP contribution in [0.1, 0.15) is 44.1 Å². The highest BCUT2D eigenvalue weighted by atomic mass is 16.3. The lowest BCUT2D eigenvalue weighted by molar-refractivity contribution is 0.211. The second-order valence-electron chi connectivity index (χ2n) is 5.19. The Balaban J connectivity index is 1.95. The van der Waals surface area contributed by atoms with Gasteiger partial charge in [0, 0.05) is 18.2 Å². The van der Waals surface area contributed by atoms with Crippen LogP contribution >= 0.6 is 0 Å². The van der Waals surface area contributed by atoms with Crippen molar-refractivity contribution in [2.24, 2.45) is 0 Å². The van der Waals surface area contributed by atoms with Crippen molar-refractivity contribution in [3.63, 3.8) is 0 Å². The van der Waals surface area contributed by atoms with Crippen LogP contribution in [-0.2, 0) is 6.54 Å². The molecule has 0 heterocycles. The average Bonchev–Trinajstić information content (AvgIpc) is 2.61. The van der Waals surface area contributed by atoms with Crippen molar-refractivity contribution >= 4 is 0 Å². The Hall–Kier alpha value is -1.02. The molecule has 2 heteroatoms. The molecule has 0 radical (unpaired) electrons. The second-order valence-corrected chi connectivity index (χ2v) is 5.19. The Bertz CT molecular complexity index is 343. The van der Waals surface area contributed by atoms with Gasteiger partial charge in [-0.25, -0.2) is 0 Å². The van der Waals surface area contributed by atoms with Crippen LogP contribution in [0.25, 0.3) is 0 Å². The topological polar surface area (TPSA) is 23.5 Å². The van der Waals surface area contributed by atoms with E-state index in [9.17, 15) is 5.11 Å². The molecule has 0 unspecified atom stereocenters. The Morgan fingerprint density at radius 3 is 2.41 bits per heavy atom. The van der Waals surface area contributed by atoms with Gasteiger partial charge in [-0.1, -0.05) is 43.9 Å². The molecule has 0 atom stereocenters. The quantitative estimate of drug-likeness (QED) is 0.807. The van der Waals surface area contributed by atoms with Gasteiger partial charge in [0.05, 0.1) is 0 Å². The zero-order valence-electron chi connectivity index (χ0n) is 10.7. The van der Waals surface area contributed by atoms with Crippen molar-refractivity contribution in [3.05, 3.63) is 29.8 Å². The molecule has 1 saturated carbocycles. The normalized spacial score (nSPS) is 18.2. The molecule has 1 aromatic rings. The first-order chi connectivity index (χ1) is 8.27. The predicted molar refractivity (Wildman–Crippen MR) is 71.1 cm³/mol. The SMILES string of the molecule is CN(Cc1ccccc1O)C1CCCCCC1. The van der Waals surface area contributed by atoms with Crippen LogP contribution < -0.4 is 0 Å². The van der Waals surface area contributed by atoms with E-state index in [2.05, 4.69) is 11.9 Å². The molecule has 0 aromatic heterocycles. The maximum absolute atomic E-state index is 9.79. The van der Waals surface area contributed by atoms with Crippen LogP contribution in [0.3, 0.4) is 0 Å². The third-order valence-corrected chi connectivity index (χ3v) is 3.86. The van der Waals surface area contributed by atoms with Crippen LogP contribution in [0.15, 0.2) is 24.3 Å². The van der Waals surface area contributed by atoms with Crippen molar-refractivity contribution in [1.82, 2.24) is 4.90 Å². The van der Waals surface area contributed by atoms with E-state index in [0.717, 1.165) is 12.1 Å². The molecule has 1 fully saturated rings. The van der Waals surface area contributed by atoms with Gasteiger partial charge in [-0.05, 0) is 26.0 Å². The summed E-state index contributed by atoms with van der Waals surface area (Å²) in [6.07, 6.45) is 8.11. The lowest BCUT2D eigenvalue weighted by atomic mass is 10.1. The summed E-state index contributed by atoms with van der Waals surface area (Å²) in [5.41, 5.74) is 1.04. The molecule has 17 heavy (non-hydrogen) atoms. The highest BCUT2D eigenvalue weighted by Gasteiger charge is 2.17. The number of hydrogen-bond donors (Lipinski definition) is 1. The summed E-state index contributed by atoms with van der Waals surface area (Å²) in [6, 6.07) is 8.36. The molecule has 1 N–H and O–H groups in total. The zero-order valence-corrected chi connectivity index (χ0v) is 10.7. The van der Waals surface area contributed by atoms with E-state index >= 15 is 0 Å². The van der Waals surface area contributed by atoms with Crippen molar-refractivity contribution in [1.29, 1.82) is 0 Å². The van der Waals surface area contributed by atoms with E-state index in [0.29, 0.717) is 11.8 Å². The van der Waals surface area contributed by atoms with Gasteiger partial charge in [0.2, 0.25) is 0 Å². The molecule has 0 amide bonds. The fourth-order valence-electron chi connectivity index (χ4n) is 2.74. The second kappa shape index (κ2) is 6.06. The molecule has 1 aromatic carbocycles. The Morgan fingerprint density at radius 1 is 1.12 bits per heavy atom. The smallest absolute Gasteiger partial charge is 0.120 e. The van der Waals surface area contributed by atoms with Gasteiger partial charge in [-0.3, -0.25) is 4.90 Å². The molecule has 2 nitrogen and oxygen atoms in total. The van der Waals surface area contributed by atoms with Gasteiger partial charge >= 0.3 is 0 Å². The summed E-state index contributed by atoms with van der Waals surface area (Å²) < 4.78 is 0. The average molecular weight is 233 g/mol. The number of hydrogen-bond acceptors (Lipinski definition) is 2. The molecular formula is C15H23NO. The summed E-state index contributed by atoms with van der Waals surface area (Å²) in [7, 11) is 2.18. The van der Waals surface area contributed by atoms with E-state index in [1.165, 1.54) is 38.5 Å². The number of benzene rings is 1. The summed E-state index contributed by atoms with van der Waals surface area (Å²) >= 11 is 0. The maximum Gasteiger partial charge on any atom is 0.120 e. The maximum atomic E-state index is 9.79. The first-order valence-corrected chi connectivity index (χ1v) is 6.74. The lowest BCUT2D eigenvalue weighted by Gasteiger charge is -2.27. The monoisotopic (exact) mass is 233 g/mol. The standard InChI is InChI=1S/C15H23NO/c1-16(14-9-4-2-3-5-10-14)12-13-8-6-7-11-15(13)17/h6-8,11,14,17H,2-5,9-10,12H2,1H3. The Labute approximate surface area is 104 Å². The molecule has 1 aliphatic rings. The Morgan fingerprint density at radius 2 is 1.76 bits per heavy atom. The van der Waals surface area contributed by atoms with E-state index in [1.54, 1.807) is 6.07 Å². The molecule has 2 rings (SSSR count). The molecular weight excluding hydrogens is 210 g/mol. The van der Waals surface area contributed by atoms with Gasteiger partial charge in [0.1, 0.15) is 5.75 Å². The van der Waals surface area contributed by atoms with Crippen molar-refractivity contribution in [2.45, 2.75) is 51.1 Å². The van der Waals surface area contributed by atoms with Crippen molar-refractivity contribution in [3.8, 4) is 5.75 Å². The number of nitrogens with zero attached hydrogens (tertiary/aromatic N) is 1. The molecule has 0 saturated heterocycles. The zero-order chi connectivity index (χ0) is 12.1. The van der Waals surface area contributed by atoms with Crippen LogP contribution in [0.5, 0.6) is 5.75 Å². The number of phenols is 1. The minimum absolute atomic E-state index is 0.424. The van der Waals surface area contributed by atoms with Gasteiger partial charge < -0.3 is 5.11 Å². The number of para-hydroxylation sites is 1. The van der Waals surface area contributed by atoms with Crippen molar-refractivity contribution < 1.29 is 5.11 Å². The Kier molecular flexibility index (Phi) is 4.43. The van der Waals surface area contributed by atoms with E-state index < -0.39 is 0 Å². The van der Waals surface area contributed by atoms with E-state index in [1.807, 2.05) is 18.2 Å². The van der Waals surface area contributed by atoms with E-state index in [-0.39, 0.29) is 0 Å². The fraction of sp³-hybridized carbons (Fsp3) is 0.600. The van der Waals surface area contributed by atoms with Crippen LogP contribution in [0.4, 0.5) is 0 Å². The third kappa shape index (κ3) is 3.47. The molecule has 0 spiro atoms. The minimum Gasteiger partial charge on any atom is -0.508 e. The summed E-state index contributed by atoms with van der Waals surface area (Å²) in [5.74, 6) is 0.424. The number of phenolic OH excluding ortho intramolecular Hbond substituents is 1. The lowest BCUT2D eigenvalue weighted by Crippen LogP contribution is -2.30.